The Bertz CT molecular complexity index is 671. The fraction of sp³-hybridized carbons (Fsp3) is 0.222. The third kappa shape index (κ3) is 5.31. The normalized spacial score (nSPS) is 11.4. The summed E-state index contributed by atoms with van der Waals surface area (Å²) in [4.78, 5) is 23.4. The molecule has 6 nitrogen and oxygen atoms in total. The smallest absolute Gasteiger partial charge is 0.326 e. The van der Waals surface area contributed by atoms with Crippen molar-refractivity contribution in [1.29, 1.82) is 0 Å². The number of carbonyl (C=O) groups is 2. The van der Waals surface area contributed by atoms with E-state index in [-0.39, 0.29) is 6.42 Å². The van der Waals surface area contributed by atoms with E-state index in [0.29, 0.717) is 18.0 Å². The van der Waals surface area contributed by atoms with Crippen molar-refractivity contribution in [3.63, 3.8) is 0 Å². The summed E-state index contributed by atoms with van der Waals surface area (Å²) in [5.74, 6) is -0.378. The predicted molar refractivity (Wildman–Crippen MR) is 91.3 cm³/mol. The Hall–Kier alpha value is -3.02. The van der Waals surface area contributed by atoms with Crippen LogP contribution in [-0.2, 0) is 11.2 Å². The first-order valence-electron chi connectivity index (χ1n) is 7.65. The van der Waals surface area contributed by atoms with Gasteiger partial charge in [0.05, 0.1) is 6.61 Å². The molecule has 0 unspecified atom stereocenters. The number of benzene rings is 2. The summed E-state index contributed by atoms with van der Waals surface area (Å²) >= 11 is 0. The molecule has 24 heavy (non-hydrogen) atoms. The summed E-state index contributed by atoms with van der Waals surface area (Å²) in [7, 11) is 0. The molecule has 2 aromatic carbocycles. The quantitative estimate of drug-likeness (QED) is 0.729. The summed E-state index contributed by atoms with van der Waals surface area (Å²) < 4.78 is 5.32. The number of rotatable bonds is 7. The van der Waals surface area contributed by atoms with Gasteiger partial charge in [0.25, 0.3) is 0 Å². The van der Waals surface area contributed by atoms with Gasteiger partial charge in [-0.05, 0) is 36.8 Å². The van der Waals surface area contributed by atoms with E-state index in [2.05, 4.69) is 10.6 Å². The fourth-order valence-corrected chi connectivity index (χ4v) is 2.18. The molecular formula is C18H20N2O4. The minimum Gasteiger partial charge on any atom is -0.494 e. The lowest BCUT2D eigenvalue weighted by atomic mass is 10.1. The zero-order valence-corrected chi connectivity index (χ0v) is 13.4. The van der Waals surface area contributed by atoms with Crippen LogP contribution in [0.2, 0.25) is 0 Å². The van der Waals surface area contributed by atoms with Gasteiger partial charge in [-0.1, -0.05) is 30.3 Å². The second-order valence-electron chi connectivity index (χ2n) is 5.14. The van der Waals surface area contributed by atoms with E-state index in [1.165, 1.54) is 0 Å². The van der Waals surface area contributed by atoms with Crippen molar-refractivity contribution in [1.82, 2.24) is 5.32 Å². The number of amides is 2. The van der Waals surface area contributed by atoms with E-state index < -0.39 is 18.0 Å². The third-order valence-corrected chi connectivity index (χ3v) is 3.31. The first-order chi connectivity index (χ1) is 11.6. The lowest BCUT2D eigenvalue weighted by molar-refractivity contribution is -0.139. The highest BCUT2D eigenvalue weighted by atomic mass is 16.5. The molecule has 0 bridgehead atoms. The maximum atomic E-state index is 12.0. The standard InChI is InChI=1S/C18H20N2O4/c1-2-24-15-10-8-14(9-11-15)19-18(23)20-16(17(21)22)12-13-6-4-3-5-7-13/h3-11,16H,2,12H2,1H3,(H,21,22)(H2,19,20,23)/t16-/m1/s1. The molecule has 0 radical (unpaired) electrons. The number of carboxylic acid groups (broad SMARTS) is 1. The van der Waals surface area contributed by atoms with E-state index in [1.807, 2.05) is 37.3 Å². The number of aliphatic carboxylic acids is 1. The van der Waals surface area contributed by atoms with Crippen LogP contribution in [0.4, 0.5) is 10.5 Å². The number of carboxylic acids is 1. The number of urea groups is 1. The minimum atomic E-state index is -1.08. The lowest BCUT2D eigenvalue weighted by Crippen LogP contribution is -2.44. The topological polar surface area (TPSA) is 87.7 Å². The van der Waals surface area contributed by atoms with Crippen LogP contribution in [0.5, 0.6) is 5.75 Å². The Morgan fingerprint density at radius 2 is 1.75 bits per heavy atom. The SMILES string of the molecule is CCOc1ccc(NC(=O)N[C@H](Cc2ccccc2)C(=O)O)cc1. The lowest BCUT2D eigenvalue weighted by Gasteiger charge is -2.15. The molecule has 2 rings (SSSR count). The van der Waals surface area contributed by atoms with Crippen LogP contribution >= 0.6 is 0 Å². The molecule has 0 saturated heterocycles. The molecule has 3 N–H and O–H groups in total. The molecule has 126 valence electrons. The second kappa shape index (κ2) is 8.57. The first kappa shape index (κ1) is 17.3. The number of carbonyl (C=O) groups excluding carboxylic acids is 1. The molecule has 0 saturated carbocycles. The average Bonchev–Trinajstić information content (AvgIpc) is 2.57. The maximum Gasteiger partial charge on any atom is 0.326 e. The van der Waals surface area contributed by atoms with Crippen molar-refractivity contribution < 1.29 is 19.4 Å². The highest BCUT2D eigenvalue weighted by Gasteiger charge is 2.20. The summed E-state index contributed by atoms with van der Waals surface area (Å²) in [6.07, 6.45) is 0.215. The van der Waals surface area contributed by atoms with Gasteiger partial charge in [0.1, 0.15) is 11.8 Å². The molecule has 1 atom stereocenters. The summed E-state index contributed by atoms with van der Waals surface area (Å²) in [5.41, 5.74) is 1.39. The zero-order valence-electron chi connectivity index (χ0n) is 13.4. The molecule has 0 aliphatic carbocycles. The monoisotopic (exact) mass is 328 g/mol. The summed E-state index contributed by atoms with van der Waals surface area (Å²) in [6, 6.07) is 14.4. The van der Waals surface area contributed by atoms with Gasteiger partial charge in [-0.15, -0.1) is 0 Å². The molecule has 0 spiro atoms. The van der Waals surface area contributed by atoms with E-state index in [9.17, 15) is 14.7 Å². The molecule has 0 aliphatic heterocycles. The number of ether oxygens (including phenoxy) is 1. The van der Waals surface area contributed by atoms with Crippen molar-refractivity contribution in [3.05, 3.63) is 60.2 Å². The number of anilines is 1. The van der Waals surface area contributed by atoms with Gasteiger partial charge < -0.3 is 20.5 Å². The van der Waals surface area contributed by atoms with Gasteiger partial charge in [0.2, 0.25) is 0 Å². The highest BCUT2D eigenvalue weighted by Crippen LogP contribution is 2.15. The van der Waals surface area contributed by atoms with Crippen LogP contribution < -0.4 is 15.4 Å². The summed E-state index contributed by atoms with van der Waals surface area (Å²) in [6.45, 7) is 2.45. The molecule has 6 heteroatoms. The number of nitrogens with one attached hydrogen (secondary N) is 2. The van der Waals surface area contributed by atoms with Crippen molar-refractivity contribution in [2.24, 2.45) is 0 Å². The van der Waals surface area contributed by atoms with Crippen LogP contribution in [0.3, 0.4) is 0 Å². The number of hydrogen-bond donors (Lipinski definition) is 3. The van der Waals surface area contributed by atoms with Crippen molar-refractivity contribution in [3.8, 4) is 5.75 Å². The average molecular weight is 328 g/mol. The minimum absolute atomic E-state index is 0.215. The molecule has 0 heterocycles. The number of hydrogen-bond acceptors (Lipinski definition) is 3. The van der Waals surface area contributed by atoms with E-state index in [4.69, 9.17) is 4.74 Å². The van der Waals surface area contributed by atoms with E-state index in [0.717, 1.165) is 5.56 Å². The Morgan fingerprint density at radius 3 is 2.33 bits per heavy atom. The van der Waals surface area contributed by atoms with Gasteiger partial charge >= 0.3 is 12.0 Å². The van der Waals surface area contributed by atoms with Gasteiger partial charge in [-0.25, -0.2) is 9.59 Å². The molecule has 0 aliphatic rings. The van der Waals surface area contributed by atoms with E-state index >= 15 is 0 Å². The molecule has 2 amide bonds. The van der Waals surface area contributed by atoms with Crippen LogP contribution in [-0.4, -0.2) is 29.8 Å². The Kier molecular flexibility index (Phi) is 6.19. The summed E-state index contributed by atoms with van der Waals surface area (Å²) in [5, 5.41) is 14.4. The molecular weight excluding hydrogens is 308 g/mol. The molecule has 0 fully saturated rings. The second-order valence-corrected chi connectivity index (χ2v) is 5.14. The van der Waals surface area contributed by atoms with Crippen LogP contribution in [0.1, 0.15) is 12.5 Å². The van der Waals surface area contributed by atoms with Crippen LogP contribution in [0, 0.1) is 0 Å². The highest BCUT2D eigenvalue weighted by molar-refractivity contribution is 5.92. The van der Waals surface area contributed by atoms with Gasteiger partial charge in [-0.2, -0.15) is 0 Å². The van der Waals surface area contributed by atoms with Crippen molar-refractivity contribution in [2.75, 3.05) is 11.9 Å². The predicted octanol–water partition coefficient (Wildman–Crippen LogP) is 2.90. The fourth-order valence-electron chi connectivity index (χ4n) is 2.18. The van der Waals surface area contributed by atoms with Gasteiger partial charge in [-0.3, -0.25) is 0 Å². The van der Waals surface area contributed by atoms with Crippen molar-refractivity contribution >= 4 is 17.7 Å². The van der Waals surface area contributed by atoms with Crippen molar-refractivity contribution in [2.45, 2.75) is 19.4 Å². The molecule has 2 aromatic rings. The molecule has 0 aromatic heterocycles. The Labute approximate surface area is 140 Å². The van der Waals surface area contributed by atoms with Gasteiger partial charge in [0.15, 0.2) is 0 Å². The third-order valence-electron chi connectivity index (χ3n) is 3.31. The van der Waals surface area contributed by atoms with Crippen LogP contribution in [0.15, 0.2) is 54.6 Å². The maximum absolute atomic E-state index is 12.0. The van der Waals surface area contributed by atoms with Gasteiger partial charge in [0, 0.05) is 12.1 Å². The van der Waals surface area contributed by atoms with E-state index in [1.54, 1.807) is 24.3 Å². The Morgan fingerprint density at radius 1 is 1.08 bits per heavy atom. The van der Waals surface area contributed by atoms with Crippen LogP contribution in [0.25, 0.3) is 0 Å². The first-order valence-corrected chi connectivity index (χ1v) is 7.65. The Balaban J connectivity index is 1.94. The zero-order chi connectivity index (χ0) is 17.4. The largest absolute Gasteiger partial charge is 0.494 e.